The molecule has 1 aromatic rings. The number of likely N-dealkylation sites (N-methyl/N-ethyl adjacent to an activating group) is 1. The summed E-state index contributed by atoms with van der Waals surface area (Å²) in [6, 6.07) is 0.833. The van der Waals surface area contributed by atoms with Crippen molar-refractivity contribution in [1.29, 1.82) is 0 Å². The highest BCUT2D eigenvalue weighted by Crippen LogP contribution is 2.24. The fourth-order valence-electron chi connectivity index (χ4n) is 2.03. The van der Waals surface area contributed by atoms with E-state index >= 15 is 0 Å². The lowest BCUT2D eigenvalue weighted by Gasteiger charge is -2.15. The molecule has 0 amide bonds. The average molecular weight is 257 g/mol. The minimum atomic E-state index is 0.786. The second-order valence-electron chi connectivity index (χ2n) is 4.86. The van der Waals surface area contributed by atoms with Gasteiger partial charge in [0.15, 0.2) is 0 Å². The minimum absolute atomic E-state index is 0.786. The molecule has 4 nitrogen and oxygen atoms in total. The lowest BCUT2D eigenvalue weighted by atomic mass is 10.3. The van der Waals surface area contributed by atoms with Crippen molar-refractivity contribution < 1.29 is 0 Å². The number of rotatable bonds is 6. The van der Waals surface area contributed by atoms with Crippen LogP contribution in [0.5, 0.6) is 0 Å². The Bertz CT molecular complexity index is 384. The molecule has 0 saturated heterocycles. The van der Waals surface area contributed by atoms with Gasteiger partial charge in [-0.3, -0.25) is 4.68 Å². The first-order valence-corrected chi connectivity index (χ1v) is 6.56. The summed E-state index contributed by atoms with van der Waals surface area (Å²) in [4.78, 5) is 2.42. The van der Waals surface area contributed by atoms with Crippen LogP contribution in [-0.2, 0) is 13.6 Å². The fourth-order valence-corrected chi connectivity index (χ4v) is 2.26. The van der Waals surface area contributed by atoms with Crippen molar-refractivity contribution >= 4 is 11.6 Å². The molecule has 2 rings (SSSR count). The van der Waals surface area contributed by atoms with Gasteiger partial charge in [-0.15, -0.1) is 0 Å². The van der Waals surface area contributed by atoms with Gasteiger partial charge in [-0.25, -0.2) is 0 Å². The van der Waals surface area contributed by atoms with E-state index in [0.29, 0.717) is 0 Å². The largest absolute Gasteiger partial charge is 0.310 e. The molecule has 0 aromatic carbocycles. The van der Waals surface area contributed by atoms with Gasteiger partial charge < -0.3 is 10.2 Å². The summed E-state index contributed by atoms with van der Waals surface area (Å²) in [6.45, 7) is 4.81. The van der Waals surface area contributed by atoms with E-state index in [4.69, 9.17) is 11.6 Å². The molecule has 0 bridgehead atoms. The summed E-state index contributed by atoms with van der Waals surface area (Å²) in [5.74, 6) is 0. The predicted octanol–water partition coefficient (Wildman–Crippen LogP) is 1.57. The molecular weight excluding hydrogens is 236 g/mol. The second-order valence-corrected chi connectivity index (χ2v) is 5.24. The molecule has 0 unspecified atom stereocenters. The fraction of sp³-hybridized carbons (Fsp3) is 0.750. The van der Waals surface area contributed by atoms with Gasteiger partial charge in [-0.05, 0) is 26.8 Å². The van der Waals surface area contributed by atoms with Crippen LogP contribution in [0.1, 0.15) is 24.2 Å². The van der Waals surface area contributed by atoms with Gasteiger partial charge in [0.05, 0.1) is 16.4 Å². The number of aryl methyl sites for hydroxylation is 2. The normalized spacial score (nSPS) is 15.8. The van der Waals surface area contributed by atoms with Crippen LogP contribution in [0.4, 0.5) is 0 Å². The number of hydrogen-bond donors (Lipinski definition) is 1. The zero-order valence-corrected chi connectivity index (χ0v) is 11.6. The summed E-state index contributed by atoms with van der Waals surface area (Å²) in [5, 5.41) is 8.51. The summed E-state index contributed by atoms with van der Waals surface area (Å²) >= 11 is 6.18. The highest BCUT2D eigenvalue weighted by Gasteiger charge is 2.25. The van der Waals surface area contributed by atoms with Crippen LogP contribution in [0.15, 0.2) is 0 Å². The number of nitrogens with zero attached hydrogens (tertiary/aromatic N) is 3. The Balaban J connectivity index is 1.73. The van der Waals surface area contributed by atoms with Crippen molar-refractivity contribution in [2.75, 3.05) is 20.1 Å². The molecular formula is C12H21ClN4. The maximum absolute atomic E-state index is 6.18. The minimum Gasteiger partial charge on any atom is -0.310 e. The topological polar surface area (TPSA) is 33.1 Å². The van der Waals surface area contributed by atoms with Crippen molar-refractivity contribution in [3.05, 3.63) is 16.4 Å². The van der Waals surface area contributed by atoms with Crippen LogP contribution in [0.3, 0.4) is 0 Å². The maximum atomic E-state index is 6.18. The Labute approximate surface area is 108 Å². The summed E-state index contributed by atoms with van der Waals surface area (Å²) in [7, 11) is 4.13. The summed E-state index contributed by atoms with van der Waals surface area (Å²) in [6.07, 6.45) is 2.73. The average Bonchev–Trinajstić information content (AvgIpc) is 3.08. The van der Waals surface area contributed by atoms with Gasteiger partial charge in [-0.2, -0.15) is 5.10 Å². The zero-order valence-electron chi connectivity index (χ0n) is 10.8. The molecule has 96 valence electrons. The van der Waals surface area contributed by atoms with Crippen molar-refractivity contribution in [3.63, 3.8) is 0 Å². The molecule has 1 aliphatic rings. The smallest absolute Gasteiger partial charge is 0.0860 e. The van der Waals surface area contributed by atoms with Crippen molar-refractivity contribution in [2.45, 2.75) is 32.4 Å². The van der Waals surface area contributed by atoms with E-state index in [9.17, 15) is 0 Å². The van der Waals surface area contributed by atoms with Gasteiger partial charge in [0.25, 0.3) is 0 Å². The Morgan fingerprint density at radius 1 is 1.53 bits per heavy atom. The highest BCUT2D eigenvalue weighted by atomic mass is 35.5. The molecule has 1 fully saturated rings. The number of aromatic nitrogens is 2. The summed E-state index contributed by atoms with van der Waals surface area (Å²) in [5.41, 5.74) is 1.97. The standard InChI is InChI=1S/C12H21ClN4/c1-9-12(13)11(17(3)15-9)8-14-6-7-16(2)10-4-5-10/h10,14H,4-8H2,1-3H3. The second kappa shape index (κ2) is 5.38. The van der Waals surface area contributed by atoms with E-state index in [0.717, 1.165) is 42.1 Å². The van der Waals surface area contributed by atoms with Crippen LogP contribution < -0.4 is 5.32 Å². The third kappa shape index (κ3) is 3.21. The van der Waals surface area contributed by atoms with E-state index in [1.54, 1.807) is 0 Å². The molecule has 0 aliphatic heterocycles. The first-order valence-electron chi connectivity index (χ1n) is 6.18. The third-order valence-electron chi connectivity index (χ3n) is 3.37. The molecule has 0 spiro atoms. The first-order chi connectivity index (χ1) is 8.09. The predicted molar refractivity (Wildman–Crippen MR) is 70.3 cm³/mol. The lowest BCUT2D eigenvalue weighted by molar-refractivity contribution is 0.321. The third-order valence-corrected chi connectivity index (χ3v) is 3.86. The number of nitrogens with one attached hydrogen (secondary N) is 1. The Kier molecular flexibility index (Phi) is 4.07. The van der Waals surface area contributed by atoms with E-state index in [1.165, 1.54) is 12.8 Å². The van der Waals surface area contributed by atoms with Gasteiger partial charge in [0, 0.05) is 32.7 Å². The Morgan fingerprint density at radius 2 is 2.24 bits per heavy atom. The molecule has 17 heavy (non-hydrogen) atoms. The van der Waals surface area contributed by atoms with E-state index in [2.05, 4.69) is 22.4 Å². The molecule has 1 N–H and O–H groups in total. The van der Waals surface area contributed by atoms with Crippen molar-refractivity contribution in [3.8, 4) is 0 Å². The highest BCUT2D eigenvalue weighted by molar-refractivity contribution is 6.31. The van der Waals surface area contributed by atoms with E-state index in [1.807, 2.05) is 18.7 Å². The summed E-state index contributed by atoms with van der Waals surface area (Å²) < 4.78 is 1.86. The van der Waals surface area contributed by atoms with Gasteiger partial charge in [-0.1, -0.05) is 11.6 Å². The zero-order chi connectivity index (χ0) is 12.4. The maximum Gasteiger partial charge on any atom is 0.0860 e. The van der Waals surface area contributed by atoms with E-state index in [-0.39, 0.29) is 0 Å². The SMILES string of the molecule is Cc1nn(C)c(CNCCN(C)C2CC2)c1Cl. The molecule has 1 saturated carbocycles. The van der Waals surface area contributed by atoms with Gasteiger partial charge in [0.2, 0.25) is 0 Å². The Morgan fingerprint density at radius 3 is 2.76 bits per heavy atom. The molecule has 0 atom stereocenters. The van der Waals surface area contributed by atoms with Gasteiger partial charge >= 0.3 is 0 Å². The Hall–Kier alpha value is -0.580. The van der Waals surface area contributed by atoms with E-state index < -0.39 is 0 Å². The molecule has 0 radical (unpaired) electrons. The van der Waals surface area contributed by atoms with Crippen LogP contribution in [-0.4, -0.2) is 40.9 Å². The van der Waals surface area contributed by atoms with Gasteiger partial charge in [0.1, 0.15) is 0 Å². The quantitative estimate of drug-likeness (QED) is 0.785. The van der Waals surface area contributed by atoms with Crippen LogP contribution in [0, 0.1) is 6.92 Å². The monoisotopic (exact) mass is 256 g/mol. The molecule has 5 heteroatoms. The molecule has 1 aliphatic carbocycles. The van der Waals surface area contributed by atoms with Crippen LogP contribution in [0.2, 0.25) is 5.02 Å². The first kappa shape index (κ1) is 12.9. The lowest BCUT2D eigenvalue weighted by Crippen LogP contribution is -2.30. The number of hydrogen-bond acceptors (Lipinski definition) is 3. The molecule has 1 aromatic heterocycles. The van der Waals surface area contributed by atoms with Crippen molar-refractivity contribution in [1.82, 2.24) is 20.0 Å². The van der Waals surface area contributed by atoms with Crippen molar-refractivity contribution in [2.24, 2.45) is 7.05 Å². The van der Waals surface area contributed by atoms with Crippen LogP contribution in [0.25, 0.3) is 0 Å². The number of halogens is 1. The van der Waals surface area contributed by atoms with Crippen LogP contribution >= 0.6 is 11.6 Å². The molecule has 1 heterocycles.